The smallest absolute Gasteiger partial charge is 0.327 e. The second-order valence-corrected chi connectivity index (χ2v) is 3.98. The van der Waals surface area contributed by atoms with E-state index in [9.17, 15) is 4.79 Å². The molecular formula is C11H14BrNO3. The Balaban J connectivity index is 2.91. The Morgan fingerprint density at radius 3 is 2.81 bits per heavy atom. The van der Waals surface area contributed by atoms with Crippen LogP contribution in [-0.2, 0) is 9.53 Å². The van der Waals surface area contributed by atoms with Gasteiger partial charge in [-0.2, -0.15) is 0 Å². The summed E-state index contributed by atoms with van der Waals surface area (Å²) in [5, 5.41) is 0. The predicted octanol–water partition coefficient (Wildman–Crippen LogP) is 2.02. The Bertz CT molecular complexity index is 381. The molecule has 1 aromatic carbocycles. The van der Waals surface area contributed by atoms with Gasteiger partial charge in [0.15, 0.2) is 0 Å². The summed E-state index contributed by atoms with van der Waals surface area (Å²) >= 11 is 3.33. The topological polar surface area (TPSA) is 61.5 Å². The van der Waals surface area contributed by atoms with Crippen molar-refractivity contribution in [1.82, 2.24) is 0 Å². The lowest BCUT2D eigenvalue weighted by Crippen LogP contribution is -2.23. The maximum absolute atomic E-state index is 11.4. The number of carbonyl (C=O) groups excluding carboxylic acids is 1. The lowest BCUT2D eigenvalue weighted by molar-refractivity contribution is -0.144. The van der Waals surface area contributed by atoms with Gasteiger partial charge in [-0.05, 0) is 40.5 Å². The normalized spacial score (nSPS) is 12.0. The minimum absolute atomic E-state index is 0.320. The van der Waals surface area contributed by atoms with E-state index in [0.29, 0.717) is 17.9 Å². The Hall–Kier alpha value is -1.07. The van der Waals surface area contributed by atoms with Crippen molar-refractivity contribution in [2.75, 3.05) is 13.7 Å². The summed E-state index contributed by atoms with van der Waals surface area (Å²) in [6.07, 6.45) is 0. The molecule has 0 saturated carbocycles. The van der Waals surface area contributed by atoms with E-state index in [0.717, 1.165) is 4.47 Å². The molecule has 0 saturated heterocycles. The van der Waals surface area contributed by atoms with E-state index in [1.54, 1.807) is 32.2 Å². The highest BCUT2D eigenvalue weighted by Crippen LogP contribution is 2.27. The lowest BCUT2D eigenvalue weighted by atomic mass is 10.1. The van der Waals surface area contributed by atoms with Gasteiger partial charge in [0.05, 0.1) is 18.2 Å². The van der Waals surface area contributed by atoms with Crippen LogP contribution in [0.4, 0.5) is 0 Å². The predicted molar refractivity (Wildman–Crippen MR) is 64.3 cm³/mol. The Morgan fingerprint density at radius 2 is 2.25 bits per heavy atom. The maximum Gasteiger partial charge on any atom is 0.327 e. The van der Waals surface area contributed by atoms with Crippen LogP contribution >= 0.6 is 15.9 Å². The van der Waals surface area contributed by atoms with Gasteiger partial charge in [-0.3, -0.25) is 0 Å². The van der Waals surface area contributed by atoms with E-state index in [4.69, 9.17) is 15.2 Å². The standard InChI is InChI=1S/C11H14BrNO3/c1-3-16-11(14)10(13)7-4-5-8(12)9(6-7)15-2/h4-6,10H,3,13H2,1-2H3. The highest BCUT2D eigenvalue weighted by Gasteiger charge is 2.18. The van der Waals surface area contributed by atoms with Crippen molar-refractivity contribution in [3.8, 4) is 5.75 Å². The molecule has 0 amide bonds. The summed E-state index contributed by atoms with van der Waals surface area (Å²) in [6, 6.07) is 4.48. The first kappa shape index (κ1) is 13.0. The van der Waals surface area contributed by atoms with Crippen molar-refractivity contribution in [1.29, 1.82) is 0 Å². The first-order chi connectivity index (χ1) is 7.60. The summed E-state index contributed by atoms with van der Waals surface area (Å²) in [7, 11) is 1.56. The van der Waals surface area contributed by atoms with Crippen LogP contribution in [0.1, 0.15) is 18.5 Å². The fourth-order valence-corrected chi connectivity index (χ4v) is 1.65. The quantitative estimate of drug-likeness (QED) is 0.861. The van der Waals surface area contributed by atoms with Gasteiger partial charge in [-0.15, -0.1) is 0 Å². The zero-order valence-corrected chi connectivity index (χ0v) is 10.8. The second kappa shape index (κ2) is 5.86. The van der Waals surface area contributed by atoms with Crippen LogP contribution in [0.5, 0.6) is 5.75 Å². The van der Waals surface area contributed by atoms with Crippen LogP contribution in [-0.4, -0.2) is 19.7 Å². The van der Waals surface area contributed by atoms with Gasteiger partial charge in [0.25, 0.3) is 0 Å². The summed E-state index contributed by atoms with van der Waals surface area (Å²) in [5.74, 6) is 0.198. The number of benzene rings is 1. The molecule has 0 fully saturated rings. The summed E-state index contributed by atoms with van der Waals surface area (Å²) < 4.78 is 10.8. The van der Waals surface area contributed by atoms with Crippen LogP contribution < -0.4 is 10.5 Å². The average molecular weight is 288 g/mol. The molecule has 1 atom stereocenters. The molecule has 2 N–H and O–H groups in total. The van der Waals surface area contributed by atoms with Gasteiger partial charge < -0.3 is 15.2 Å². The molecule has 0 aromatic heterocycles. The summed E-state index contributed by atoms with van der Waals surface area (Å²) in [6.45, 7) is 2.06. The summed E-state index contributed by atoms with van der Waals surface area (Å²) in [5.41, 5.74) is 6.42. The molecule has 88 valence electrons. The van der Waals surface area contributed by atoms with Crippen molar-refractivity contribution in [3.63, 3.8) is 0 Å². The van der Waals surface area contributed by atoms with Gasteiger partial charge in [-0.25, -0.2) is 4.79 Å². The van der Waals surface area contributed by atoms with Gasteiger partial charge in [-0.1, -0.05) is 6.07 Å². The number of hydrogen-bond donors (Lipinski definition) is 1. The molecule has 0 spiro atoms. The number of methoxy groups -OCH3 is 1. The zero-order chi connectivity index (χ0) is 12.1. The molecule has 0 aliphatic heterocycles. The number of nitrogens with two attached hydrogens (primary N) is 1. The van der Waals surface area contributed by atoms with Crippen LogP contribution in [0, 0.1) is 0 Å². The SMILES string of the molecule is CCOC(=O)C(N)c1ccc(Br)c(OC)c1. The largest absolute Gasteiger partial charge is 0.496 e. The second-order valence-electron chi connectivity index (χ2n) is 3.12. The molecule has 0 aliphatic rings. The highest BCUT2D eigenvalue weighted by molar-refractivity contribution is 9.10. The molecule has 0 aliphatic carbocycles. The van der Waals surface area contributed by atoms with Gasteiger partial charge in [0.1, 0.15) is 11.8 Å². The molecule has 1 unspecified atom stereocenters. The Kier molecular flexibility index (Phi) is 4.76. The fourth-order valence-electron chi connectivity index (χ4n) is 1.24. The average Bonchev–Trinajstić information content (AvgIpc) is 2.29. The van der Waals surface area contributed by atoms with Crippen molar-refractivity contribution in [2.45, 2.75) is 13.0 Å². The third-order valence-corrected chi connectivity index (χ3v) is 2.73. The number of carbonyl (C=O) groups is 1. The van der Waals surface area contributed by atoms with Crippen LogP contribution in [0.2, 0.25) is 0 Å². The van der Waals surface area contributed by atoms with E-state index < -0.39 is 12.0 Å². The Morgan fingerprint density at radius 1 is 1.56 bits per heavy atom. The van der Waals surface area contributed by atoms with E-state index in [1.165, 1.54) is 0 Å². The molecule has 0 radical (unpaired) electrons. The van der Waals surface area contributed by atoms with Gasteiger partial charge in [0, 0.05) is 0 Å². The zero-order valence-electron chi connectivity index (χ0n) is 9.20. The minimum Gasteiger partial charge on any atom is -0.496 e. The van der Waals surface area contributed by atoms with E-state index in [-0.39, 0.29) is 0 Å². The van der Waals surface area contributed by atoms with Crippen molar-refractivity contribution < 1.29 is 14.3 Å². The van der Waals surface area contributed by atoms with Crippen LogP contribution in [0.25, 0.3) is 0 Å². The van der Waals surface area contributed by atoms with E-state index in [2.05, 4.69) is 15.9 Å². The molecular weight excluding hydrogens is 274 g/mol. The molecule has 0 bridgehead atoms. The molecule has 1 rings (SSSR count). The molecule has 1 aromatic rings. The first-order valence-electron chi connectivity index (χ1n) is 4.85. The first-order valence-corrected chi connectivity index (χ1v) is 5.65. The maximum atomic E-state index is 11.4. The van der Waals surface area contributed by atoms with Crippen molar-refractivity contribution in [3.05, 3.63) is 28.2 Å². The molecule has 16 heavy (non-hydrogen) atoms. The summed E-state index contributed by atoms with van der Waals surface area (Å²) in [4.78, 5) is 11.4. The number of ether oxygens (including phenoxy) is 2. The van der Waals surface area contributed by atoms with E-state index >= 15 is 0 Å². The van der Waals surface area contributed by atoms with E-state index in [1.807, 2.05) is 0 Å². The van der Waals surface area contributed by atoms with Crippen molar-refractivity contribution >= 4 is 21.9 Å². The number of hydrogen-bond acceptors (Lipinski definition) is 4. The number of rotatable bonds is 4. The third kappa shape index (κ3) is 2.96. The fraction of sp³-hybridized carbons (Fsp3) is 0.364. The minimum atomic E-state index is -0.776. The highest BCUT2D eigenvalue weighted by atomic mass is 79.9. The lowest BCUT2D eigenvalue weighted by Gasteiger charge is -2.12. The van der Waals surface area contributed by atoms with Crippen LogP contribution in [0.3, 0.4) is 0 Å². The van der Waals surface area contributed by atoms with Gasteiger partial charge in [0.2, 0.25) is 0 Å². The molecule has 0 heterocycles. The number of esters is 1. The van der Waals surface area contributed by atoms with Crippen LogP contribution in [0.15, 0.2) is 22.7 Å². The Labute approximate surface area is 103 Å². The molecule has 4 nitrogen and oxygen atoms in total. The monoisotopic (exact) mass is 287 g/mol. The van der Waals surface area contributed by atoms with Gasteiger partial charge >= 0.3 is 5.97 Å². The molecule has 5 heteroatoms. The number of halogens is 1. The van der Waals surface area contributed by atoms with Crippen molar-refractivity contribution in [2.24, 2.45) is 5.73 Å². The third-order valence-electron chi connectivity index (χ3n) is 2.07.